The minimum absolute atomic E-state index is 0.0152. The zero-order valence-corrected chi connectivity index (χ0v) is 23.9. The molecule has 3 fully saturated rings. The van der Waals surface area contributed by atoms with E-state index in [0.29, 0.717) is 38.8 Å². The summed E-state index contributed by atoms with van der Waals surface area (Å²) in [5, 5.41) is 3.06. The van der Waals surface area contributed by atoms with Crippen LogP contribution in [0.25, 0.3) is 0 Å². The van der Waals surface area contributed by atoms with Crippen molar-refractivity contribution in [2.24, 2.45) is 16.7 Å². The molecular weight excluding hydrogens is 486 g/mol. The van der Waals surface area contributed by atoms with Gasteiger partial charge in [0.25, 0.3) is 0 Å². The topological polar surface area (TPSA) is 86.8 Å². The maximum absolute atomic E-state index is 13.1. The number of hydrogen-bond acceptors (Lipinski definition) is 5. The average molecular weight is 532 g/mol. The lowest BCUT2D eigenvalue weighted by atomic mass is 9.64. The monoisotopic (exact) mass is 531 g/mol. The smallest absolute Gasteiger partial charge is 0.225 e. The standard InChI is InChI=1S/C29H45N3O4S/c1-27(2,26(34)30-21-23-10-18-37(35,36)19-11-23)16-17-32-22-28(20-25(32)33)12-14-29(15-13-28,31(3)4)24-8-6-5-7-9-24/h5-9,23H,10-22H2,1-4H3,(H,30,34)/t28-,29-. The first-order valence-electron chi connectivity index (χ1n) is 13.9. The number of amides is 2. The predicted molar refractivity (Wildman–Crippen MR) is 147 cm³/mol. The Bertz CT molecular complexity index is 1060. The molecule has 0 radical (unpaired) electrons. The highest BCUT2D eigenvalue weighted by Crippen LogP contribution is 2.52. The molecule has 1 aromatic rings. The second-order valence-corrected chi connectivity index (χ2v) is 15.0. The summed E-state index contributed by atoms with van der Waals surface area (Å²) in [4.78, 5) is 30.3. The van der Waals surface area contributed by atoms with E-state index in [1.165, 1.54) is 5.56 Å². The van der Waals surface area contributed by atoms with E-state index in [9.17, 15) is 18.0 Å². The van der Waals surface area contributed by atoms with E-state index in [1.807, 2.05) is 18.7 Å². The minimum atomic E-state index is -2.90. The molecule has 2 amide bonds. The number of carbonyl (C=O) groups excluding carboxylic acids is 2. The van der Waals surface area contributed by atoms with Gasteiger partial charge in [0.05, 0.1) is 11.5 Å². The first-order chi connectivity index (χ1) is 17.4. The van der Waals surface area contributed by atoms with E-state index in [4.69, 9.17) is 0 Å². The summed E-state index contributed by atoms with van der Waals surface area (Å²) in [5.41, 5.74) is 0.833. The Labute approximate surface area is 223 Å². The van der Waals surface area contributed by atoms with Crippen LogP contribution in [-0.2, 0) is 25.0 Å². The second-order valence-electron chi connectivity index (χ2n) is 12.7. The van der Waals surface area contributed by atoms with Crippen LogP contribution in [0.3, 0.4) is 0 Å². The SMILES string of the molecule is CN(C)[C@]1(c2ccccc2)CC[C@@]2(CC1)CC(=O)N(CCC(C)(C)C(=O)NCC1CCS(=O)(=O)CC1)C2. The van der Waals surface area contributed by atoms with E-state index < -0.39 is 15.3 Å². The third-order valence-electron chi connectivity index (χ3n) is 9.56. The van der Waals surface area contributed by atoms with Crippen molar-refractivity contribution in [1.29, 1.82) is 0 Å². The molecule has 7 nitrogen and oxygen atoms in total. The molecule has 0 atom stereocenters. The van der Waals surface area contributed by atoms with Crippen molar-refractivity contribution in [2.75, 3.05) is 45.2 Å². The highest BCUT2D eigenvalue weighted by Gasteiger charge is 2.50. The maximum Gasteiger partial charge on any atom is 0.225 e. The van der Waals surface area contributed by atoms with Crippen LogP contribution in [0, 0.1) is 16.7 Å². The Balaban J connectivity index is 1.29. The largest absolute Gasteiger partial charge is 0.355 e. The molecule has 1 aliphatic carbocycles. The van der Waals surface area contributed by atoms with Crippen molar-refractivity contribution in [2.45, 2.75) is 70.8 Å². The van der Waals surface area contributed by atoms with E-state index in [0.717, 1.165) is 32.2 Å². The van der Waals surface area contributed by atoms with Crippen molar-refractivity contribution in [3.05, 3.63) is 35.9 Å². The van der Waals surface area contributed by atoms with Crippen LogP contribution in [0.15, 0.2) is 30.3 Å². The van der Waals surface area contributed by atoms with Crippen LogP contribution >= 0.6 is 0 Å². The molecule has 1 N–H and O–H groups in total. The molecule has 2 saturated heterocycles. The zero-order chi connectivity index (χ0) is 26.9. The van der Waals surface area contributed by atoms with Crippen LogP contribution in [0.2, 0.25) is 0 Å². The van der Waals surface area contributed by atoms with Gasteiger partial charge in [-0.1, -0.05) is 44.2 Å². The Morgan fingerprint density at radius 3 is 2.30 bits per heavy atom. The van der Waals surface area contributed by atoms with Crippen LogP contribution in [-0.4, -0.2) is 75.3 Å². The molecule has 0 bridgehead atoms. The molecule has 206 valence electrons. The van der Waals surface area contributed by atoms with E-state index in [-0.39, 0.29) is 40.2 Å². The van der Waals surface area contributed by atoms with Gasteiger partial charge in [-0.3, -0.25) is 14.5 Å². The number of nitrogens with one attached hydrogen (secondary N) is 1. The molecule has 3 aliphatic rings. The van der Waals surface area contributed by atoms with Gasteiger partial charge < -0.3 is 10.2 Å². The van der Waals surface area contributed by atoms with E-state index >= 15 is 0 Å². The third-order valence-corrected chi connectivity index (χ3v) is 11.3. The molecule has 0 unspecified atom stereocenters. The van der Waals surface area contributed by atoms with Crippen molar-refractivity contribution in [1.82, 2.24) is 15.1 Å². The summed E-state index contributed by atoms with van der Waals surface area (Å²) in [6.45, 7) is 5.79. The maximum atomic E-state index is 13.1. The number of sulfone groups is 1. The fourth-order valence-electron chi connectivity index (χ4n) is 6.60. The van der Waals surface area contributed by atoms with Gasteiger partial charge >= 0.3 is 0 Å². The number of nitrogens with zero attached hydrogens (tertiary/aromatic N) is 2. The lowest BCUT2D eigenvalue weighted by Gasteiger charge is -2.49. The molecule has 1 spiro atoms. The van der Waals surface area contributed by atoms with Gasteiger partial charge in [-0.15, -0.1) is 0 Å². The van der Waals surface area contributed by atoms with Crippen molar-refractivity contribution in [3.8, 4) is 0 Å². The lowest BCUT2D eigenvalue weighted by molar-refractivity contribution is -0.132. The summed E-state index contributed by atoms with van der Waals surface area (Å²) in [7, 11) is 1.44. The fraction of sp³-hybridized carbons (Fsp3) is 0.724. The normalized spacial score (nSPS) is 26.1. The fourth-order valence-corrected chi connectivity index (χ4v) is 8.19. The molecule has 2 aliphatic heterocycles. The van der Waals surface area contributed by atoms with Gasteiger partial charge in [0, 0.05) is 37.0 Å². The van der Waals surface area contributed by atoms with Crippen LogP contribution < -0.4 is 5.32 Å². The predicted octanol–water partition coefficient (Wildman–Crippen LogP) is 3.59. The molecule has 37 heavy (non-hydrogen) atoms. The molecule has 4 rings (SSSR count). The average Bonchev–Trinajstić information content (AvgIpc) is 3.17. The van der Waals surface area contributed by atoms with Crippen molar-refractivity contribution < 1.29 is 18.0 Å². The summed E-state index contributed by atoms with van der Waals surface area (Å²) in [6.07, 6.45) is 6.61. The first kappa shape index (κ1) is 28.1. The lowest BCUT2D eigenvalue weighted by Crippen LogP contribution is -2.47. The quantitative estimate of drug-likeness (QED) is 0.554. The Morgan fingerprint density at radius 1 is 1.08 bits per heavy atom. The summed E-state index contributed by atoms with van der Waals surface area (Å²) in [6, 6.07) is 10.8. The van der Waals surface area contributed by atoms with Crippen LogP contribution in [0.1, 0.15) is 70.8 Å². The van der Waals surface area contributed by atoms with Gasteiger partial charge in [-0.25, -0.2) is 8.42 Å². The molecule has 2 heterocycles. The second kappa shape index (κ2) is 10.7. The Kier molecular flexibility index (Phi) is 8.11. The van der Waals surface area contributed by atoms with Gasteiger partial charge in [-0.05, 0) is 75.9 Å². The van der Waals surface area contributed by atoms with Crippen LogP contribution in [0.5, 0.6) is 0 Å². The first-order valence-corrected chi connectivity index (χ1v) is 15.7. The number of hydrogen-bond donors (Lipinski definition) is 1. The van der Waals surface area contributed by atoms with E-state index in [1.54, 1.807) is 0 Å². The number of benzene rings is 1. The number of carbonyl (C=O) groups is 2. The highest BCUT2D eigenvalue weighted by atomic mass is 32.2. The summed E-state index contributed by atoms with van der Waals surface area (Å²) < 4.78 is 23.3. The molecular formula is C29H45N3O4S. The highest BCUT2D eigenvalue weighted by molar-refractivity contribution is 7.91. The molecule has 0 aromatic heterocycles. The Hall–Kier alpha value is -1.93. The molecule has 1 aromatic carbocycles. The van der Waals surface area contributed by atoms with Crippen molar-refractivity contribution in [3.63, 3.8) is 0 Å². The van der Waals surface area contributed by atoms with Crippen LogP contribution in [0.4, 0.5) is 0 Å². The van der Waals surface area contributed by atoms with Gasteiger partial charge in [0.2, 0.25) is 11.8 Å². The van der Waals surface area contributed by atoms with Gasteiger partial charge in [-0.2, -0.15) is 0 Å². The summed E-state index contributed by atoms with van der Waals surface area (Å²) >= 11 is 0. The van der Waals surface area contributed by atoms with E-state index in [2.05, 4.69) is 54.6 Å². The molecule has 8 heteroatoms. The zero-order valence-electron chi connectivity index (χ0n) is 23.1. The third kappa shape index (κ3) is 6.22. The van der Waals surface area contributed by atoms with Crippen molar-refractivity contribution >= 4 is 21.7 Å². The summed E-state index contributed by atoms with van der Waals surface area (Å²) in [5.74, 6) is 0.864. The Morgan fingerprint density at radius 2 is 1.70 bits per heavy atom. The van der Waals surface area contributed by atoms with Gasteiger partial charge in [0.1, 0.15) is 9.84 Å². The number of likely N-dealkylation sites (tertiary alicyclic amines) is 1. The molecule has 1 saturated carbocycles. The minimum Gasteiger partial charge on any atom is -0.355 e. The van der Waals surface area contributed by atoms with Gasteiger partial charge in [0.15, 0.2) is 0 Å². The number of rotatable bonds is 8.